The first-order valence-corrected chi connectivity index (χ1v) is 13.2. The number of aryl methyl sites for hydroxylation is 2. The minimum Gasteiger partial charge on any atom is -0.406 e. The molecule has 0 unspecified atom stereocenters. The van der Waals surface area contributed by atoms with Gasteiger partial charge < -0.3 is 15.4 Å². The Morgan fingerprint density at radius 1 is 1.13 bits per heavy atom. The Bertz CT molecular complexity index is 1220. The van der Waals surface area contributed by atoms with Gasteiger partial charge in [-0.05, 0) is 49.3 Å². The first-order valence-electron chi connectivity index (χ1n) is 12.4. The number of halogens is 3. The second-order valence-electron chi connectivity index (χ2n) is 9.11. The monoisotopic (exact) mass is 551 g/mol. The zero-order valence-electron chi connectivity index (χ0n) is 20.5. The van der Waals surface area contributed by atoms with E-state index in [4.69, 9.17) is 0 Å². The highest BCUT2D eigenvalue weighted by Crippen LogP contribution is 2.25. The number of carbonyl (C=O) groups excluding carboxylic acids is 2. The predicted octanol–water partition coefficient (Wildman–Crippen LogP) is 4.15. The van der Waals surface area contributed by atoms with Gasteiger partial charge in [-0.15, -0.1) is 28.5 Å². The minimum atomic E-state index is -4.80. The van der Waals surface area contributed by atoms with Gasteiger partial charge in [-0.1, -0.05) is 41.5 Å². The number of hydrogen-bond acceptors (Lipinski definition) is 8. The van der Waals surface area contributed by atoms with Gasteiger partial charge >= 0.3 is 6.36 Å². The van der Waals surface area contributed by atoms with Gasteiger partial charge in [0, 0.05) is 19.5 Å². The second kappa shape index (κ2) is 12.8. The van der Waals surface area contributed by atoms with Crippen LogP contribution >= 0.6 is 11.3 Å². The van der Waals surface area contributed by atoms with Gasteiger partial charge in [0.15, 0.2) is 5.69 Å². The Balaban J connectivity index is 1.15. The van der Waals surface area contributed by atoms with Crippen molar-refractivity contribution in [3.63, 3.8) is 0 Å². The Morgan fingerprint density at radius 2 is 1.95 bits per heavy atom. The van der Waals surface area contributed by atoms with Gasteiger partial charge in [-0.2, -0.15) is 0 Å². The van der Waals surface area contributed by atoms with Crippen LogP contribution in [0.15, 0.2) is 30.5 Å². The van der Waals surface area contributed by atoms with E-state index in [0.717, 1.165) is 30.7 Å². The number of aromatic nitrogens is 5. The summed E-state index contributed by atoms with van der Waals surface area (Å²) in [6.07, 6.45) is 3.71. The molecule has 1 aromatic carbocycles. The Kier molecular flexibility index (Phi) is 9.26. The minimum absolute atomic E-state index is 0.136. The van der Waals surface area contributed by atoms with Crippen molar-refractivity contribution < 1.29 is 27.5 Å². The van der Waals surface area contributed by atoms with Crippen LogP contribution in [0.4, 0.5) is 18.3 Å². The lowest BCUT2D eigenvalue weighted by Crippen LogP contribution is -2.28. The molecule has 2 amide bonds. The topological polar surface area (TPSA) is 124 Å². The Morgan fingerprint density at radius 3 is 2.74 bits per heavy atom. The average molecular weight is 552 g/mol. The highest BCUT2D eigenvalue weighted by molar-refractivity contribution is 7.15. The molecule has 1 aliphatic carbocycles. The van der Waals surface area contributed by atoms with E-state index in [0.29, 0.717) is 41.8 Å². The average Bonchev–Trinajstić information content (AvgIpc) is 3.62. The lowest BCUT2D eigenvalue weighted by atomic mass is 10.1. The van der Waals surface area contributed by atoms with Gasteiger partial charge in [0.1, 0.15) is 10.8 Å². The molecule has 0 atom stereocenters. The summed E-state index contributed by atoms with van der Waals surface area (Å²) in [6.45, 7) is 1.28. The molecule has 0 bridgehead atoms. The summed E-state index contributed by atoms with van der Waals surface area (Å²) < 4.78 is 42.7. The molecule has 0 saturated heterocycles. The maximum absolute atomic E-state index is 12.4. The molecule has 14 heteroatoms. The van der Waals surface area contributed by atoms with Gasteiger partial charge in [0.05, 0.1) is 12.6 Å². The molecule has 1 fully saturated rings. The fourth-order valence-electron chi connectivity index (χ4n) is 4.21. The molecule has 38 heavy (non-hydrogen) atoms. The summed E-state index contributed by atoms with van der Waals surface area (Å²) in [5.41, 5.74) is 0.684. The number of ether oxygens (including phenoxy) is 1. The first kappa shape index (κ1) is 27.5. The summed E-state index contributed by atoms with van der Waals surface area (Å²) in [5, 5.41) is 22.6. The molecule has 204 valence electrons. The maximum atomic E-state index is 12.4. The van der Waals surface area contributed by atoms with Crippen LogP contribution in [0.1, 0.15) is 59.6 Å². The number of carbonyl (C=O) groups is 2. The summed E-state index contributed by atoms with van der Waals surface area (Å²) in [4.78, 5) is 24.5. The summed E-state index contributed by atoms with van der Waals surface area (Å²) in [6, 6.07) is 5.26. The van der Waals surface area contributed by atoms with E-state index in [2.05, 4.69) is 35.9 Å². The van der Waals surface area contributed by atoms with Crippen LogP contribution in [-0.4, -0.2) is 49.9 Å². The van der Waals surface area contributed by atoms with E-state index in [9.17, 15) is 22.8 Å². The first-order chi connectivity index (χ1) is 18.2. The number of nitrogens with one attached hydrogen (secondary N) is 2. The van der Waals surface area contributed by atoms with E-state index < -0.39 is 12.3 Å². The fourth-order valence-corrected chi connectivity index (χ4v) is 5.01. The molecule has 1 saturated carbocycles. The van der Waals surface area contributed by atoms with Crippen molar-refractivity contribution in [2.24, 2.45) is 5.92 Å². The number of benzene rings is 1. The number of nitrogens with zero attached hydrogens (tertiary/aromatic N) is 5. The molecule has 2 N–H and O–H groups in total. The van der Waals surface area contributed by atoms with Crippen molar-refractivity contribution >= 4 is 28.3 Å². The van der Waals surface area contributed by atoms with Crippen LogP contribution in [0.2, 0.25) is 0 Å². The van der Waals surface area contributed by atoms with Crippen molar-refractivity contribution in [3.05, 3.63) is 46.7 Å². The van der Waals surface area contributed by atoms with Crippen LogP contribution in [0.5, 0.6) is 5.75 Å². The van der Waals surface area contributed by atoms with Crippen LogP contribution in [0.3, 0.4) is 0 Å². The van der Waals surface area contributed by atoms with Crippen molar-refractivity contribution in [3.8, 4) is 5.75 Å². The SMILES string of the molecule is O=C(Cc1cccc(OC(F)(F)F)c1)Nc1nnc(CCCCn2cc(C(=O)NCC3CCCC3)nn2)s1. The van der Waals surface area contributed by atoms with E-state index in [1.807, 2.05) is 0 Å². The molecule has 10 nitrogen and oxygen atoms in total. The standard InChI is InChI=1S/C24H28F3N7O3S/c25-24(26,27)37-18-9-5-8-17(12-18)13-20(35)29-23-32-31-21(38-23)10-3-4-11-34-15-19(30-33-34)22(36)28-14-16-6-1-2-7-16/h5,8-9,12,15-16H,1-4,6-7,10-11,13-14H2,(H,28,36)(H,29,32,35). The van der Waals surface area contributed by atoms with Crippen LogP contribution in [0.25, 0.3) is 0 Å². The van der Waals surface area contributed by atoms with Crippen molar-refractivity contribution in [1.29, 1.82) is 0 Å². The Labute approximate surface area is 221 Å². The third-order valence-corrected chi connectivity index (χ3v) is 6.93. The van der Waals surface area contributed by atoms with Crippen molar-refractivity contribution in [2.45, 2.75) is 64.3 Å². The molecule has 3 aromatic rings. The summed E-state index contributed by atoms with van der Waals surface area (Å²) >= 11 is 1.24. The molecule has 0 radical (unpaired) electrons. The lowest BCUT2D eigenvalue weighted by molar-refractivity contribution is -0.274. The molecule has 0 spiro atoms. The molecule has 4 rings (SSSR count). The molecule has 2 aromatic heterocycles. The Hall–Kier alpha value is -3.55. The number of anilines is 1. The third kappa shape index (κ3) is 8.78. The summed E-state index contributed by atoms with van der Waals surface area (Å²) in [7, 11) is 0. The number of hydrogen-bond donors (Lipinski definition) is 2. The van der Waals surface area contributed by atoms with Gasteiger partial charge in [-0.25, -0.2) is 0 Å². The van der Waals surface area contributed by atoms with E-state index in [1.54, 1.807) is 10.9 Å². The van der Waals surface area contributed by atoms with Gasteiger partial charge in [-0.3, -0.25) is 14.3 Å². The highest BCUT2D eigenvalue weighted by Gasteiger charge is 2.31. The maximum Gasteiger partial charge on any atom is 0.573 e. The summed E-state index contributed by atoms with van der Waals surface area (Å²) in [5.74, 6) is -0.451. The van der Waals surface area contributed by atoms with Crippen molar-refractivity contribution in [2.75, 3.05) is 11.9 Å². The van der Waals surface area contributed by atoms with Crippen LogP contribution in [-0.2, 0) is 24.2 Å². The molecular weight excluding hydrogens is 523 g/mol. The molecule has 1 aliphatic rings. The smallest absolute Gasteiger partial charge is 0.406 e. The molecule has 0 aliphatic heterocycles. The van der Waals surface area contributed by atoms with Gasteiger partial charge in [0.2, 0.25) is 11.0 Å². The highest BCUT2D eigenvalue weighted by atomic mass is 32.1. The number of amides is 2. The van der Waals surface area contributed by atoms with E-state index >= 15 is 0 Å². The fraction of sp³-hybridized carbons (Fsp3) is 0.500. The zero-order valence-corrected chi connectivity index (χ0v) is 21.4. The molecule has 2 heterocycles. The zero-order chi connectivity index (χ0) is 27.0. The van der Waals surface area contributed by atoms with Crippen LogP contribution < -0.4 is 15.4 Å². The van der Waals surface area contributed by atoms with Crippen molar-refractivity contribution in [1.82, 2.24) is 30.5 Å². The van der Waals surface area contributed by atoms with Crippen LogP contribution in [0, 0.1) is 5.92 Å². The number of alkyl halides is 3. The third-order valence-electron chi connectivity index (χ3n) is 6.04. The van der Waals surface area contributed by atoms with E-state index in [1.165, 1.54) is 48.4 Å². The second-order valence-corrected chi connectivity index (χ2v) is 10.2. The van der Waals surface area contributed by atoms with E-state index in [-0.39, 0.29) is 18.1 Å². The number of unbranched alkanes of at least 4 members (excludes halogenated alkanes) is 1. The predicted molar refractivity (Wildman–Crippen MR) is 133 cm³/mol. The number of rotatable bonds is 12. The quantitative estimate of drug-likeness (QED) is 0.324. The molecular formula is C24H28F3N7O3S. The lowest BCUT2D eigenvalue weighted by Gasteiger charge is -2.09. The van der Waals surface area contributed by atoms with Gasteiger partial charge in [0.25, 0.3) is 5.91 Å². The normalized spacial score (nSPS) is 14.0. The largest absolute Gasteiger partial charge is 0.573 e.